The second-order valence-corrected chi connectivity index (χ2v) is 5.82. The molecule has 0 saturated carbocycles. The molecule has 19 heavy (non-hydrogen) atoms. The molecule has 2 N–H and O–H groups in total. The second-order valence-electron chi connectivity index (χ2n) is 4.13. The number of pyridine rings is 1. The van der Waals surface area contributed by atoms with Crippen LogP contribution in [0.3, 0.4) is 0 Å². The minimum Gasteiger partial charge on any atom is -0.355 e. The average Bonchev–Trinajstić information content (AvgIpc) is 2.34. The van der Waals surface area contributed by atoms with Crippen LogP contribution in [0.25, 0.3) is 0 Å². The van der Waals surface area contributed by atoms with Gasteiger partial charge in [0.05, 0.1) is 0 Å². The van der Waals surface area contributed by atoms with Crippen molar-refractivity contribution >= 4 is 15.9 Å². The number of nitrogens with one attached hydrogen (secondary N) is 2. The highest BCUT2D eigenvalue weighted by Crippen LogP contribution is 2.08. The van der Waals surface area contributed by atoms with Gasteiger partial charge in [-0.15, -0.1) is 0 Å². The lowest BCUT2D eigenvalue weighted by Gasteiger charge is -2.09. The number of carbonyl (C=O) groups is 1. The number of sulfonamides is 1. The van der Waals surface area contributed by atoms with Gasteiger partial charge in [0.2, 0.25) is 10.9 Å². The first-order chi connectivity index (χ1) is 8.84. The van der Waals surface area contributed by atoms with E-state index in [1.807, 2.05) is 0 Å². The summed E-state index contributed by atoms with van der Waals surface area (Å²) in [4.78, 5) is 14.7. The van der Waals surface area contributed by atoms with Crippen LogP contribution in [0.2, 0.25) is 0 Å². The molecule has 106 valence electrons. The lowest BCUT2D eigenvalue weighted by Crippen LogP contribution is -2.36. The van der Waals surface area contributed by atoms with Crippen molar-refractivity contribution in [3.8, 4) is 0 Å². The van der Waals surface area contributed by atoms with E-state index in [-0.39, 0.29) is 24.9 Å². The standard InChI is InChI=1S/C11H16FN3O3S/c1-8(2)10(16)13-6-7-15-19(17,18)11-9(12)4-3-5-14-11/h3-5,8,15H,6-7H2,1-2H3,(H,13,16). The fourth-order valence-electron chi connectivity index (χ4n) is 1.21. The first-order valence-corrected chi connectivity index (χ1v) is 7.21. The first kappa shape index (κ1) is 15.5. The molecular weight excluding hydrogens is 273 g/mol. The SMILES string of the molecule is CC(C)C(=O)NCCNS(=O)(=O)c1ncccc1F. The largest absolute Gasteiger partial charge is 0.355 e. The number of halogens is 1. The Balaban J connectivity index is 2.53. The Bertz CT molecular complexity index is 546. The Kier molecular flexibility index (Phi) is 5.37. The molecule has 0 aliphatic heterocycles. The Hall–Kier alpha value is -1.54. The quantitative estimate of drug-likeness (QED) is 0.736. The normalized spacial score (nSPS) is 11.6. The lowest BCUT2D eigenvalue weighted by molar-refractivity contribution is -0.123. The molecule has 0 unspecified atom stereocenters. The Labute approximate surface area is 111 Å². The highest BCUT2D eigenvalue weighted by atomic mass is 32.2. The van der Waals surface area contributed by atoms with E-state index < -0.39 is 20.9 Å². The van der Waals surface area contributed by atoms with E-state index >= 15 is 0 Å². The van der Waals surface area contributed by atoms with Crippen molar-refractivity contribution in [2.24, 2.45) is 5.92 Å². The van der Waals surface area contributed by atoms with Crippen molar-refractivity contribution in [1.29, 1.82) is 0 Å². The lowest BCUT2D eigenvalue weighted by atomic mass is 10.2. The summed E-state index contributed by atoms with van der Waals surface area (Å²) in [5.41, 5.74) is 0. The van der Waals surface area contributed by atoms with Crippen LogP contribution in [-0.4, -0.2) is 32.4 Å². The zero-order valence-corrected chi connectivity index (χ0v) is 11.5. The van der Waals surface area contributed by atoms with Crippen molar-refractivity contribution in [3.05, 3.63) is 24.1 Å². The van der Waals surface area contributed by atoms with Crippen molar-refractivity contribution in [2.45, 2.75) is 18.9 Å². The van der Waals surface area contributed by atoms with Gasteiger partial charge in [-0.1, -0.05) is 13.8 Å². The number of rotatable bonds is 6. The smallest absolute Gasteiger partial charge is 0.261 e. The molecule has 0 fully saturated rings. The van der Waals surface area contributed by atoms with Gasteiger partial charge in [-0.2, -0.15) is 0 Å². The molecule has 0 aromatic carbocycles. The minimum atomic E-state index is -4.00. The van der Waals surface area contributed by atoms with Crippen LogP contribution in [0.4, 0.5) is 4.39 Å². The summed E-state index contributed by atoms with van der Waals surface area (Å²) in [7, 11) is -4.00. The monoisotopic (exact) mass is 289 g/mol. The third-order valence-electron chi connectivity index (χ3n) is 2.22. The fraction of sp³-hybridized carbons (Fsp3) is 0.455. The highest BCUT2D eigenvalue weighted by molar-refractivity contribution is 7.89. The van der Waals surface area contributed by atoms with Crippen molar-refractivity contribution in [1.82, 2.24) is 15.0 Å². The maximum absolute atomic E-state index is 13.3. The molecule has 0 bridgehead atoms. The van der Waals surface area contributed by atoms with Gasteiger partial charge in [0, 0.05) is 25.2 Å². The molecule has 1 heterocycles. The molecule has 1 aromatic rings. The first-order valence-electron chi connectivity index (χ1n) is 5.72. The number of aromatic nitrogens is 1. The van der Waals surface area contributed by atoms with Crippen LogP contribution in [0.5, 0.6) is 0 Å². The van der Waals surface area contributed by atoms with Crippen molar-refractivity contribution < 1.29 is 17.6 Å². The second kappa shape index (κ2) is 6.58. The molecule has 0 saturated heterocycles. The summed E-state index contributed by atoms with van der Waals surface area (Å²) >= 11 is 0. The van der Waals surface area contributed by atoms with Crippen LogP contribution < -0.4 is 10.0 Å². The summed E-state index contributed by atoms with van der Waals surface area (Å²) in [5, 5.41) is 1.89. The summed E-state index contributed by atoms with van der Waals surface area (Å²) in [6.45, 7) is 3.55. The van der Waals surface area contributed by atoms with E-state index in [4.69, 9.17) is 0 Å². The van der Waals surface area contributed by atoms with Gasteiger partial charge in [-0.25, -0.2) is 22.5 Å². The third-order valence-corrected chi connectivity index (χ3v) is 3.61. The van der Waals surface area contributed by atoms with Gasteiger partial charge in [-0.05, 0) is 12.1 Å². The molecule has 1 amide bonds. The third kappa shape index (κ3) is 4.56. The molecule has 1 aromatic heterocycles. The molecule has 0 aliphatic carbocycles. The van der Waals surface area contributed by atoms with E-state index in [0.29, 0.717) is 0 Å². The highest BCUT2D eigenvalue weighted by Gasteiger charge is 2.19. The predicted molar refractivity (Wildman–Crippen MR) is 67.2 cm³/mol. The van der Waals surface area contributed by atoms with Crippen LogP contribution in [-0.2, 0) is 14.8 Å². The van der Waals surface area contributed by atoms with Gasteiger partial charge in [-0.3, -0.25) is 4.79 Å². The Morgan fingerprint density at radius 2 is 2.11 bits per heavy atom. The number of hydrogen-bond donors (Lipinski definition) is 2. The van der Waals surface area contributed by atoms with E-state index in [0.717, 1.165) is 6.07 Å². The van der Waals surface area contributed by atoms with E-state index in [2.05, 4.69) is 15.0 Å². The van der Waals surface area contributed by atoms with Gasteiger partial charge in [0.1, 0.15) is 0 Å². The van der Waals surface area contributed by atoms with Crippen LogP contribution >= 0.6 is 0 Å². The van der Waals surface area contributed by atoms with E-state index in [1.54, 1.807) is 13.8 Å². The fourth-order valence-corrected chi connectivity index (χ4v) is 2.24. The number of carbonyl (C=O) groups excluding carboxylic acids is 1. The maximum atomic E-state index is 13.3. The molecule has 0 radical (unpaired) electrons. The summed E-state index contributed by atoms with van der Waals surface area (Å²) in [5.74, 6) is -1.27. The molecule has 0 aliphatic rings. The van der Waals surface area contributed by atoms with Crippen LogP contribution in [0.15, 0.2) is 23.4 Å². The predicted octanol–water partition coefficient (Wildman–Crippen LogP) is 0.271. The van der Waals surface area contributed by atoms with E-state index in [9.17, 15) is 17.6 Å². The van der Waals surface area contributed by atoms with Crippen LogP contribution in [0, 0.1) is 11.7 Å². The topological polar surface area (TPSA) is 88.2 Å². The summed E-state index contributed by atoms with van der Waals surface area (Å²) in [6.07, 6.45) is 1.19. The number of hydrogen-bond acceptors (Lipinski definition) is 4. The van der Waals surface area contributed by atoms with Crippen LogP contribution in [0.1, 0.15) is 13.8 Å². The maximum Gasteiger partial charge on any atom is 0.261 e. The molecule has 0 spiro atoms. The molecule has 0 atom stereocenters. The van der Waals surface area contributed by atoms with Gasteiger partial charge < -0.3 is 5.32 Å². The number of nitrogens with zero attached hydrogens (tertiary/aromatic N) is 1. The molecular formula is C11H16FN3O3S. The Morgan fingerprint density at radius 3 is 2.68 bits per heavy atom. The molecule has 8 heteroatoms. The average molecular weight is 289 g/mol. The minimum absolute atomic E-state index is 0.0309. The molecule has 1 rings (SSSR count). The summed E-state index contributed by atoms with van der Waals surface area (Å²) < 4.78 is 38.9. The van der Waals surface area contributed by atoms with Gasteiger partial charge in [0.25, 0.3) is 10.0 Å². The van der Waals surface area contributed by atoms with Crippen molar-refractivity contribution in [2.75, 3.05) is 13.1 Å². The van der Waals surface area contributed by atoms with Gasteiger partial charge >= 0.3 is 0 Å². The zero-order valence-electron chi connectivity index (χ0n) is 10.7. The van der Waals surface area contributed by atoms with Gasteiger partial charge in [0.15, 0.2) is 5.82 Å². The zero-order chi connectivity index (χ0) is 14.5. The number of amides is 1. The van der Waals surface area contributed by atoms with E-state index in [1.165, 1.54) is 12.3 Å². The Morgan fingerprint density at radius 1 is 1.42 bits per heavy atom. The van der Waals surface area contributed by atoms with Crippen molar-refractivity contribution in [3.63, 3.8) is 0 Å². The summed E-state index contributed by atoms with van der Waals surface area (Å²) in [6, 6.07) is 2.32. The molecule has 6 nitrogen and oxygen atoms in total.